The molecule has 0 saturated carbocycles. The average Bonchev–Trinajstić information content (AvgIpc) is 3.11. The van der Waals surface area contributed by atoms with Crippen LogP contribution in [0, 0.1) is 12.7 Å². The van der Waals surface area contributed by atoms with Gasteiger partial charge in [0.1, 0.15) is 5.82 Å². The molecule has 2 heterocycles. The van der Waals surface area contributed by atoms with Gasteiger partial charge in [0.15, 0.2) is 5.13 Å². The molecular weight excluding hydrogens is 333 g/mol. The number of nitrogens with one attached hydrogen (secondary N) is 1. The van der Waals surface area contributed by atoms with Crippen LogP contribution in [-0.2, 0) is 17.6 Å². The minimum absolute atomic E-state index is 0.151. The van der Waals surface area contributed by atoms with E-state index in [1.165, 1.54) is 28.7 Å². The number of hydrogen-bond donors (Lipinski definition) is 1. The Labute approximate surface area is 141 Å². The number of hydrogen-bond acceptors (Lipinski definition) is 5. The number of aromatic nitrogens is 2. The van der Waals surface area contributed by atoms with E-state index in [1.807, 2.05) is 12.3 Å². The third-order valence-electron chi connectivity index (χ3n) is 3.13. The molecule has 0 radical (unpaired) electrons. The lowest BCUT2D eigenvalue weighted by molar-refractivity contribution is -0.115. The van der Waals surface area contributed by atoms with Gasteiger partial charge in [0, 0.05) is 22.9 Å². The van der Waals surface area contributed by atoms with Crippen LogP contribution in [0.2, 0.25) is 0 Å². The van der Waals surface area contributed by atoms with Gasteiger partial charge in [-0.15, -0.1) is 22.7 Å². The van der Waals surface area contributed by atoms with E-state index in [0.717, 1.165) is 15.6 Å². The molecule has 1 aromatic carbocycles. The van der Waals surface area contributed by atoms with Crippen molar-refractivity contribution in [1.29, 1.82) is 0 Å². The molecule has 4 nitrogen and oxygen atoms in total. The lowest BCUT2D eigenvalue weighted by atomic mass is 10.1. The lowest BCUT2D eigenvalue weighted by Crippen LogP contribution is -2.14. The highest BCUT2D eigenvalue weighted by Crippen LogP contribution is 2.22. The number of benzene rings is 1. The Kier molecular flexibility index (Phi) is 4.78. The number of carbonyl (C=O) groups is 1. The predicted octanol–water partition coefficient (Wildman–Crippen LogP) is 3.82. The molecule has 0 fully saturated rings. The fourth-order valence-electron chi connectivity index (χ4n) is 2.09. The number of halogens is 1. The van der Waals surface area contributed by atoms with Crippen LogP contribution in [0.25, 0.3) is 0 Å². The van der Waals surface area contributed by atoms with E-state index in [2.05, 4.69) is 15.3 Å². The summed E-state index contributed by atoms with van der Waals surface area (Å²) in [6, 6.07) is 6.65. The van der Waals surface area contributed by atoms with Crippen LogP contribution in [0.1, 0.15) is 21.1 Å². The summed E-state index contributed by atoms with van der Waals surface area (Å²) in [6.07, 6.45) is 2.36. The molecule has 0 saturated heterocycles. The zero-order valence-electron chi connectivity index (χ0n) is 12.4. The van der Waals surface area contributed by atoms with Crippen LogP contribution in [0.5, 0.6) is 0 Å². The molecule has 0 aliphatic rings. The topological polar surface area (TPSA) is 54.9 Å². The minimum Gasteiger partial charge on any atom is -0.302 e. The van der Waals surface area contributed by atoms with E-state index in [1.54, 1.807) is 24.4 Å². The van der Waals surface area contributed by atoms with Gasteiger partial charge in [-0.2, -0.15) is 0 Å². The summed E-state index contributed by atoms with van der Waals surface area (Å²) in [5, 5.41) is 6.10. The molecule has 0 aliphatic carbocycles. The summed E-state index contributed by atoms with van der Waals surface area (Å²) < 4.78 is 13.6. The van der Waals surface area contributed by atoms with Crippen molar-refractivity contribution in [2.45, 2.75) is 19.8 Å². The first-order chi connectivity index (χ1) is 11.1. The third-order valence-corrected chi connectivity index (χ3v) is 4.87. The average molecular weight is 347 g/mol. The molecule has 3 aromatic rings. The first kappa shape index (κ1) is 15.8. The zero-order valence-corrected chi connectivity index (χ0v) is 14.0. The summed E-state index contributed by atoms with van der Waals surface area (Å²) in [5.41, 5.74) is 1.38. The first-order valence-electron chi connectivity index (χ1n) is 6.99. The van der Waals surface area contributed by atoms with E-state index in [4.69, 9.17) is 0 Å². The van der Waals surface area contributed by atoms with Crippen molar-refractivity contribution in [3.63, 3.8) is 0 Å². The second-order valence-corrected chi connectivity index (χ2v) is 7.16. The minimum atomic E-state index is -0.231. The molecule has 1 N–H and O–H groups in total. The van der Waals surface area contributed by atoms with Crippen LogP contribution in [-0.4, -0.2) is 15.9 Å². The predicted molar refractivity (Wildman–Crippen MR) is 90.5 cm³/mol. The number of anilines is 1. The number of carbonyl (C=O) groups excluding carboxylic acids is 1. The molecule has 0 aliphatic heterocycles. The Morgan fingerprint density at radius 3 is 2.91 bits per heavy atom. The summed E-state index contributed by atoms with van der Waals surface area (Å²) >= 11 is 2.87. The molecule has 0 atom stereocenters. The Balaban J connectivity index is 1.61. The summed E-state index contributed by atoms with van der Waals surface area (Å²) in [6.45, 7) is 1.90. The number of thiazole rings is 2. The number of nitrogens with zero attached hydrogens (tertiary/aromatic N) is 2. The van der Waals surface area contributed by atoms with Gasteiger partial charge in [-0.1, -0.05) is 18.2 Å². The van der Waals surface area contributed by atoms with Crippen molar-refractivity contribution in [3.8, 4) is 0 Å². The van der Waals surface area contributed by atoms with Gasteiger partial charge in [-0.3, -0.25) is 4.79 Å². The normalized spacial score (nSPS) is 10.7. The van der Waals surface area contributed by atoms with Crippen LogP contribution >= 0.6 is 22.7 Å². The molecule has 0 spiro atoms. The molecule has 7 heteroatoms. The molecular formula is C16H14FN3OS2. The maximum Gasteiger partial charge on any atom is 0.232 e. The van der Waals surface area contributed by atoms with E-state index in [9.17, 15) is 9.18 Å². The van der Waals surface area contributed by atoms with Gasteiger partial charge in [0.25, 0.3) is 0 Å². The summed E-state index contributed by atoms with van der Waals surface area (Å²) in [5.74, 6) is -0.382. The zero-order chi connectivity index (χ0) is 16.2. The fraction of sp³-hybridized carbons (Fsp3) is 0.188. The second kappa shape index (κ2) is 6.97. The Morgan fingerprint density at radius 2 is 2.17 bits per heavy atom. The van der Waals surface area contributed by atoms with E-state index in [0.29, 0.717) is 17.1 Å². The van der Waals surface area contributed by atoms with Gasteiger partial charge in [0.2, 0.25) is 5.91 Å². The van der Waals surface area contributed by atoms with Crippen molar-refractivity contribution in [2.24, 2.45) is 0 Å². The summed E-state index contributed by atoms with van der Waals surface area (Å²) in [4.78, 5) is 21.3. The number of aryl methyl sites for hydroxylation is 1. The van der Waals surface area contributed by atoms with Gasteiger partial charge >= 0.3 is 0 Å². The van der Waals surface area contributed by atoms with Gasteiger partial charge in [0.05, 0.1) is 17.1 Å². The van der Waals surface area contributed by atoms with E-state index in [-0.39, 0.29) is 18.1 Å². The SMILES string of the molecule is Cc1nc(CC(=O)Nc2ncc(Cc3ccccc3F)s2)cs1. The number of rotatable bonds is 5. The lowest BCUT2D eigenvalue weighted by Gasteiger charge is -2.00. The maximum absolute atomic E-state index is 13.6. The van der Waals surface area contributed by atoms with Crippen LogP contribution in [0.15, 0.2) is 35.8 Å². The molecule has 118 valence electrons. The van der Waals surface area contributed by atoms with Crippen molar-refractivity contribution in [2.75, 3.05) is 5.32 Å². The van der Waals surface area contributed by atoms with Crippen molar-refractivity contribution >= 4 is 33.7 Å². The molecule has 23 heavy (non-hydrogen) atoms. The van der Waals surface area contributed by atoms with Gasteiger partial charge in [-0.05, 0) is 18.6 Å². The molecule has 3 rings (SSSR count). The highest BCUT2D eigenvalue weighted by atomic mass is 32.1. The fourth-order valence-corrected chi connectivity index (χ4v) is 3.56. The second-order valence-electron chi connectivity index (χ2n) is 4.98. The van der Waals surface area contributed by atoms with Crippen molar-refractivity contribution in [1.82, 2.24) is 9.97 Å². The Bertz CT molecular complexity index is 828. The summed E-state index contributed by atoms with van der Waals surface area (Å²) in [7, 11) is 0. The van der Waals surface area contributed by atoms with E-state index < -0.39 is 0 Å². The molecule has 1 amide bonds. The Morgan fingerprint density at radius 1 is 1.35 bits per heavy atom. The van der Waals surface area contributed by atoms with Crippen molar-refractivity contribution < 1.29 is 9.18 Å². The Hall–Kier alpha value is -2.12. The molecule has 0 bridgehead atoms. The standard InChI is InChI=1S/C16H14FN3OS2/c1-10-19-12(9-22-10)7-15(21)20-16-18-8-13(23-16)6-11-4-2-3-5-14(11)17/h2-5,8-9H,6-7H2,1H3,(H,18,20,21). The van der Waals surface area contributed by atoms with Gasteiger partial charge < -0.3 is 5.32 Å². The van der Waals surface area contributed by atoms with Crippen LogP contribution in [0.4, 0.5) is 9.52 Å². The molecule has 0 unspecified atom stereocenters. The quantitative estimate of drug-likeness (QED) is 0.763. The smallest absolute Gasteiger partial charge is 0.232 e. The van der Waals surface area contributed by atoms with Crippen molar-refractivity contribution in [3.05, 3.63) is 62.8 Å². The first-order valence-corrected chi connectivity index (χ1v) is 8.69. The highest BCUT2D eigenvalue weighted by Gasteiger charge is 2.11. The monoisotopic (exact) mass is 347 g/mol. The largest absolute Gasteiger partial charge is 0.302 e. The van der Waals surface area contributed by atoms with E-state index >= 15 is 0 Å². The highest BCUT2D eigenvalue weighted by molar-refractivity contribution is 7.15. The van der Waals surface area contributed by atoms with Crippen LogP contribution in [0.3, 0.4) is 0 Å². The number of amides is 1. The van der Waals surface area contributed by atoms with Gasteiger partial charge in [-0.25, -0.2) is 14.4 Å². The molecule has 2 aromatic heterocycles. The maximum atomic E-state index is 13.6. The third kappa shape index (κ3) is 4.20. The van der Waals surface area contributed by atoms with Crippen LogP contribution < -0.4 is 5.32 Å².